The third kappa shape index (κ3) is 5.30. The molecule has 1 amide bonds. The molecule has 1 aromatic carbocycles. The van der Waals surface area contributed by atoms with Gasteiger partial charge in [-0.3, -0.25) is 4.79 Å². The number of hydrogen-bond acceptors (Lipinski definition) is 3. The fourth-order valence-electron chi connectivity index (χ4n) is 2.01. The van der Waals surface area contributed by atoms with Crippen LogP contribution in [0.2, 0.25) is 0 Å². The van der Waals surface area contributed by atoms with E-state index in [1.807, 2.05) is 25.2 Å². The maximum atomic E-state index is 11.9. The van der Waals surface area contributed by atoms with Crippen LogP contribution in [0.3, 0.4) is 0 Å². The highest BCUT2D eigenvalue weighted by Crippen LogP contribution is 2.10. The van der Waals surface area contributed by atoms with Gasteiger partial charge in [0.15, 0.2) is 0 Å². The number of hydrogen-bond donors (Lipinski definition) is 2. The highest BCUT2D eigenvalue weighted by atomic mass is 16.1. The normalized spacial score (nSPS) is 11.9. The lowest BCUT2D eigenvalue weighted by Crippen LogP contribution is -2.39. The van der Waals surface area contributed by atoms with Crippen molar-refractivity contribution in [2.75, 3.05) is 31.6 Å². The first-order valence-electron chi connectivity index (χ1n) is 6.93. The van der Waals surface area contributed by atoms with E-state index in [-0.39, 0.29) is 11.8 Å². The molecule has 1 aromatic rings. The zero-order chi connectivity index (χ0) is 14.1. The van der Waals surface area contributed by atoms with Crippen molar-refractivity contribution >= 4 is 11.6 Å². The molecule has 0 saturated heterocycles. The Morgan fingerprint density at radius 2 is 2.05 bits per heavy atom. The summed E-state index contributed by atoms with van der Waals surface area (Å²) in [4.78, 5) is 14.0. The number of amides is 1. The molecule has 1 unspecified atom stereocenters. The van der Waals surface area contributed by atoms with E-state index in [4.69, 9.17) is 5.73 Å². The minimum Gasteiger partial charge on any atom is -0.373 e. The van der Waals surface area contributed by atoms with Crippen molar-refractivity contribution in [3.63, 3.8) is 0 Å². The SMILES string of the molecule is CCCC(CN)C(=O)NCCN(C)c1ccccc1. The summed E-state index contributed by atoms with van der Waals surface area (Å²) in [5.74, 6) is 0.0258. The first kappa shape index (κ1) is 15.5. The van der Waals surface area contributed by atoms with Crippen molar-refractivity contribution in [3.8, 4) is 0 Å². The average molecular weight is 263 g/mol. The number of carbonyl (C=O) groups is 1. The van der Waals surface area contributed by atoms with Crippen LogP contribution >= 0.6 is 0 Å². The van der Waals surface area contributed by atoms with Gasteiger partial charge >= 0.3 is 0 Å². The van der Waals surface area contributed by atoms with Crippen LogP contribution in [0.4, 0.5) is 5.69 Å². The molecule has 0 heterocycles. The van der Waals surface area contributed by atoms with Gasteiger partial charge in [0.2, 0.25) is 5.91 Å². The van der Waals surface area contributed by atoms with Crippen LogP contribution in [-0.4, -0.2) is 32.6 Å². The molecule has 0 saturated carbocycles. The van der Waals surface area contributed by atoms with Crippen LogP contribution in [0, 0.1) is 5.92 Å². The van der Waals surface area contributed by atoms with Crippen LogP contribution < -0.4 is 16.0 Å². The summed E-state index contributed by atoms with van der Waals surface area (Å²) in [7, 11) is 2.02. The molecular formula is C15H25N3O. The predicted octanol–water partition coefficient (Wildman–Crippen LogP) is 1.61. The number of nitrogens with two attached hydrogens (primary N) is 1. The van der Waals surface area contributed by atoms with E-state index < -0.39 is 0 Å². The molecule has 0 radical (unpaired) electrons. The first-order valence-corrected chi connectivity index (χ1v) is 6.93. The minimum atomic E-state index is -0.0490. The summed E-state index contributed by atoms with van der Waals surface area (Å²) in [6, 6.07) is 10.1. The molecule has 0 fully saturated rings. The molecule has 1 rings (SSSR count). The fourth-order valence-corrected chi connectivity index (χ4v) is 2.01. The second-order valence-corrected chi connectivity index (χ2v) is 4.77. The number of anilines is 1. The zero-order valence-corrected chi connectivity index (χ0v) is 11.9. The molecule has 106 valence electrons. The molecule has 0 aliphatic carbocycles. The van der Waals surface area contributed by atoms with E-state index in [0.717, 1.165) is 25.1 Å². The highest BCUT2D eigenvalue weighted by molar-refractivity contribution is 5.78. The first-order chi connectivity index (χ1) is 9.19. The van der Waals surface area contributed by atoms with E-state index in [2.05, 4.69) is 29.3 Å². The average Bonchev–Trinajstić information content (AvgIpc) is 2.45. The summed E-state index contributed by atoms with van der Waals surface area (Å²) in [6.45, 7) is 3.93. The van der Waals surface area contributed by atoms with Gasteiger partial charge < -0.3 is 16.0 Å². The molecule has 19 heavy (non-hydrogen) atoms. The van der Waals surface area contributed by atoms with Gasteiger partial charge in [0.25, 0.3) is 0 Å². The van der Waals surface area contributed by atoms with Crippen LogP contribution in [-0.2, 0) is 4.79 Å². The largest absolute Gasteiger partial charge is 0.373 e. The third-order valence-electron chi connectivity index (χ3n) is 3.24. The lowest BCUT2D eigenvalue weighted by molar-refractivity contribution is -0.124. The van der Waals surface area contributed by atoms with Crippen molar-refractivity contribution in [3.05, 3.63) is 30.3 Å². The Kier molecular flexibility index (Phi) is 6.97. The molecule has 4 heteroatoms. The van der Waals surface area contributed by atoms with E-state index in [1.165, 1.54) is 0 Å². The van der Waals surface area contributed by atoms with E-state index >= 15 is 0 Å². The van der Waals surface area contributed by atoms with Gasteiger partial charge in [0.1, 0.15) is 0 Å². The van der Waals surface area contributed by atoms with E-state index in [9.17, 15) is 4.79 Å². The number of nitrogens with one attached hydrogen (secondary N) is 1. The minimum absolute atomic E-state index is 0.0490. The smallest absolute Gasteiger partial charge is 0.224 e. The standard InChI is InChI=1S/C15H25N3O/c1-3-7-13(12-16)15(19)17-10-11-18(2)14-8-5-4-6-9-14/h4-6,8-9,13H,3,7,10-12,16H2,1-2H3,(H,17,19). The van der Waals surface area contributed by atoms with Crippen molar-refractivity contribution < 1.29 is 4.79 Å². The molecule has 0 aliphatic rings. The van der Waals surface area contributed by atoms with E-state index in [0.29, 0.717) is 13.1 Å². The van der Waals surface area contributed by atoms with Crippen molar-refractivity contribution in [1.82, 2.24) is 5.32 Å². The zero-order valence-electron chi connectivity index (χ0n) is 11.9. The number of rotatable bonds is 8. The van der Waals surface area contributed by atoms with Gasteiger partial charge in [-0.15, -0.1) is 0 Å². The lowest BCUT2D eigenvalue weighted by Gasteiger charge is -2.20. The molecule has 1 atom stereocenters. The van der Waals surface area contributed by atoms with Crippen LogP contribution in [0.5, 0.6) is 0 Å². The summed E-state index contributed by atoms with van der Waals surface area (Å²) < 4.78 is 0. The second-order valence-electron chi connectivity index (χ2n) is 4.77. The van der Waals surface area contributed by atoms with Crippen molar-refractivity contribution in [1.29, 1.82) is 0 Å². The molecule has 0 bridgehead atoms. The van der Waals surface area contributed by atoms with Gasteiger partial charge in [-0.25, -0.2) is 0 Å². The Bertz CT molecular complexity index is 367. The van der Waals surface area contributed by atoms with Gasteiger partial charge in [-0.2, -0.15) is 0 Å². The summed E-state index contributed by atoms with van der Waals surface area (Å²) in [6.07, 6.45) is 1.84. The van der Waals surface area contributed by atoms with Crippen LogP contribution in [0.15, 0.2) is 30.3 Å². The van der Waals surface area contributed by atoms with Gasteiger partial charge in [0.05, 0.1) is 5.92 Å². The Hall–Kier alpha value is -1.55. The molecule has 4 nitrogen and oxygen atoms in total. The number of benzene rings is 1. The van der Waals surface area contributed by atoms with Gasteiger partial charge in [-0.05, 0) is 18.6 Å². The lowest BCUT2D eigenvalue weighted by atomic mass is 10.0. The van der Waals surface area contributed by atoms with Crippen LogP contribution in [0.25, 0.3) is 0 Å². The Morgan fingerprint density at radius 1 is 1.37 bits per heavy atom. The maximum absolute atomic E-state index is 11.9. The Labute approximate surface area is 116 Å². The van der Waals surface area contributed by atoms with Gasteiger partial charge in [0, 0.05) is 32.4 Å². The molecule has 3 N–H and O–H groups in total. The molecule has 0 spiro atoms. The highest BCUT2D eigenvalue weighted by Gasteiger charge is 2.14. The topological polar surface area (TPSA) is 58.4 Å². The Balaban J connectivity index is 2.32. The number of para-hydroxylation sites is 1. The number of nitrogens with zero attached hydrogens (tertiary/aromatic N) is 1. The molecule has 0 aliphatic heterocycles. The summed E-state index contributed by atoms with van der Waals surface area (Å²) >= 11 is 0. The second kappa shape index (κ2) is 8.53. The number of likely N-dealkylation sites (N-methyl/N-ethyl adjacent to an activating group) is 1. The fraction of sp³-hybridized carbons (Fsp3) is 0.533. The molecule has 0 aromatic heterocycles. The summed E-state index contributed by atoms with van der Waals surface area (Å²) in [5, 5.41) is 2.96. The maximum Gasteiger partial charge on any atom is 0.224 e. The van der Waals surface area contributed by atoms with Crippen molar-refractivity contribution in [2.45, 2.75) is 19.8 Å². The number of carbonyl (C=O) groups excluding carboxylic acids is 1. The summed E-state index contributed by atoms with van der Waals surface area (Å²) in [5.41, 5.74) is 6.76. The van der Waals surface area contributed by atoms with Crippen molar-refractivity contribution in [2.24, 2.45) is 11.7 Å². The van der Waals surface area contributed by atoms with Gasteiger partial charge in [-0.1, -0.05) is 31.5 Å². The predicted molar refractivity (Wildman–Crippen MR) is 80.2 cm³/mol. The monoisotopic (exact) mass is 263 g/mol. The third-order valence-corrected chi connectivity index (χ3v) is 3.24. The quantitative estimate of drug-likeness (QED) is 0.749. The molecular weight excluding hydrogens is 238 g/mol. The Morgan fingerprint density at radius 3 is 2.63 bits per heavy atom. The van der Waals surface area contributed by atoms with E-state index in [1.54, 1.807) is 0 Å². The van der Waals surface area contributed by atoms with Crippen LogP contribution in [0.1, 0.15) is 19.8 Å².